The van der Waals surface area contributed by atoms with Crippen LogP contribution in [0, 0.1) is 0 Å². The Morgan fingerprint density at radius 3 is 1.61 bits per heavy atom. The van der Waals surface area contributed by atoms with E-state index in [2.05, 4.69) is 36.4 Å². The van der Waals surface area contributed by atoms with Crippen LogP contribution in [0.3, 0.4) is 0 Å². The molecule has 1 aliphatic heterocycles. The maximum Gasteiger partial charge on any atom is 0.143 e. The molecule has 0 amide bonds. The lowest BCUT2D eigenvalue weighted by atomic mass is 9.80. The Labute approximate surface area is 166 Å². The van der Waals surface area contributed by atoms with E-state index < -0.39 is 11.7 Å². The van der Waals surface area contributed by atoms with Crippen LogP contribution in [0.1, 0.15) is 30.0 Å². The predicted molar refractivity (Wildman–Crippen MR) is 110 cm³/mol. The van der Waals surface area contributed by atoms with Gasteiger partial charge in [-0.15, -0.1) is 0 Å². The molecule has 28 heavy (non-hydrogen) atoms. The molecule has 3 aromatic rings. The minimum absolute atomic E-state index is 0.125. The van der Waals surface area contributed by atoms with Gasteiger partial charge in [0.15, 0.2) is 0 Å². The number of rotatable bonds is 6. The zero-order valence-corrected chi connectivity index (χ0v) is 16.1. The van der Waals surface area contributed by atoms with Crippen LogP contribution in [0.4, 0.5) is 0 Å². The second-order valence-corrected chi connectivity index (χ2v) is 7.36. The fourth-order valence-electron chi connectivity index (χ4n) is 4.00. The normalized spacial score (nSPS) is 22.3. The third-order valence-electron chi connectivity index (χ3n) is 5.48. The summed E-state index contributed by atoms with van der Waals surface area (Å²) in [6, 6.07) is 30.9. The van der Waals surface area contributed by atoms with Crippen molar-refractivity contribution in [2.75, 3.05) is 6.61 Å². The molecular formula is C25H26O3. The van der Waals surface area contributed by atoms with Crippen molar-refractivity contribution in [2.45, 2.75) is 37.3 Å². The number of aliphatic hydroxyl groups is 1. The SMILES string of the molecule is C[C@@H]1O[C@H](COC(c2ccccc2)(c2ccccc2)c2ccccc2)C[C@@H]1O. The average Bonchev–Trinajstić information content (AvgIpc) is 3.08. The quantitative estimate of drug-likeness (QED) is 0.644. The zero-order valence-electron chi connectivity index (χ0n) is 16.1. The van der Waals surface area contributed by atoms with E-state index in [1.54, 1.807) is 0 Å². The molecule has 0 saturated carbocycles. The van der Waals surface area contributed by atoms with E-state index in [0.29, 0.717) is 13.0 Å². The molecule has 0 aliphatic carbocycles. The number of aliphatic hydroxyl groups excluding tert-OH is 1. The van der Waals surface area contributed by atoms with Crippen LogP contribution < -0.4 is 0 Å². The van der Waals surface area contributed by atoms with Gasteiger partial charge in [0.05, 0.1) is 24.9 Å². The Hall–Kier alpha value is -2.46. The van der Waals surface area contributed by atoms with E-state index >= 15 is 0 Å². The Morgan fingerprint density at radius 2 is 1.25 bits per heavy atom. The van der Waals surface area contributed by atoms with Gasteiger partial charge in [-0.3, -0.25) is 0 Å². The van der Waals surface area contributed by atoms with Crippen LogP contribution in [-0.4, -0.2) is 30.0 Å². The fraction of sp³-hybridized carbons (Fsp3) is 0.280. The maximum absolute atomic E-state index is 10.1. The van der Waals surface area contributed by atoms with E-state index in [4.69, 9.17) is 9.47 Å². The molecule has 0 radical (unpaired) electrons. The van der Waals surface area contributed by atoms with Crippen LogP contribution in [0.5, 0.6) is 0 Å². The van der Waals surface area contributed by atoms with Gasteiger partial charge in [-0.25, -0.2) is 0 Å². The summed E-state index contributed by atoms with van der Waals surface area (Å²) in [6.07, 6.45) is -0.128. The van der Waals surface area contributed by atoms with E-state index in [1.165, 1.54) is 0 Å². The summed E-state index contributed by atoms with van der Waals surface area (Å²) in [5, 5.41) is 10.1. The van der Waals surface area contributed by atoms with Gasteiger partial charge in [0.2, 0.25) is 0 Å². The van der Waals surface area contributed by atoms with E-state index in [-0.39, 0.29) is 12.2 Å². The van der Waals surface area contributed by atoms with Gasteiger partial charge in [0.25, 0.3) is 0 Å². The highest BCUT2D eigenvalue weighted by Gasteiger charge is 2.40. The van der Waals surface area contributed by atoms with Gasteiger partial charge in [-0.1, -0.05) is 91.0 Å². The van der Waals surface area contributed by atoms with E-state index in [1.807, 2.05) is 61.5 Å². The van der Waals surface area contributed by atoms with Gasteiger partial charge in [-0.05, 0) is 23.6 Å². The van der Waals surface area contributed by atoms with Crippen LogP contribution in [0.15, 0.2) is 91.0 Å². The average molecular weight is 374 g/mol. The van der Waals surface area contributed by atoms with Crippen molar-refractivity contribution < 1.29 is 14.6 Å². The van der Waals surface area contributed by atoms with Gasteiger partial charge in [0.1, 0.15) is 5.60 Å². The lowest BCUT2D eigenvalue weighted by molar-refractivity contribution is -0.0618. The van der Waals surface area contributed by atoms with Crippen molar-refractivity contribution in [3.63, 3.8) is 0 Å². The topological polar surface area (TPSA) is 38.7 Å². The third-order valence-corrected chi connectivity index (χ3v) is 5.48. The summed E-state index contributed by atoms with van der Waals surface area (Å²) in [6.45, 7) is 2.31. The van der Waals surface area contributed by atoms with Crippen molar-refractivity contribution >= 4 is 0 Å². The first-order valence-electron chi connectivity index (χ1n) is 9.84. The molecule has 1 saturated heterocycles. The minimum Gasteiger partial charge on any atom is -0.390 e. The molecule has 3 aromatic carbocycles. The van der Waals surface area contributed by atoms with Crippen molar-refractivity contribution in [3.8, 4) is 0 Å². The lowest BCUT2D eigenvalue weighted by Gasteiger charge is -2.36. The highest BCUT2D eigenvalue weighted by molar-refractivity contribution is 5.47. The van der Waals surface area contributed by atoms with E-state index in [9.17, 15) is 5.11 Å². The molecule has 0 unspecified atom stereocenters. The first-order chi connectivity index (χ1) is 13.7. The number of hydrogen-bond donors (Lipinski definition) is 1. The first-order valence-corrected chi connectivity index (χ1v) is 9.84. The second kappa shape index (κ2) is 8.27. The summed E-state index contributed by atoms with van der Waals surface area (Å²) in [5.74, 6) is 0. The number of hydrogen-bond acceptors (Lipinski definition) is 3. The van der Waals surface area contributed by atoms with Crippen molar-refractivity contribution in [1.82, 2.24) is 0 Å². The van der Waals surface area contributed by atoms with Crippen LogP contribution in [0.2, 0.25) is 0 Å². The molecule has 0 bridgehead atoms. The Bertz CT molecular complexity index is 757. The lowest BCUT2D eigenvalue weighted by Crippen LogP contribution is -2.35. The largest absolute Gasteiger partial charge is 0.390 e. The number of benzene rings is 3. The number of ether oxygens (including phenoxy) is 2. The molecule has 3 heteroatoms. The zero-order chi connectivity index (χ0) is 19.4. The Morgan fingerprint density at radius 1 is 0.821 bits per heavy atom. The molecule has 1 heterocycles. The summed E-state index contributed by atoms with van der Waals surface area (Å²) in [4.78, 5) is 0. The third kappa shape index (κ3) is 3.61. The smallest absolute Gasteiger partial charge is 0.143 e. The Balaban J connectivity index is 1.79. The molecule has 1 aliphatic rings. The Kier molecular flexibility index (Phi) is 5.58. The summed E-state index contributed by atoms with van der Waals surface area (Å²) < 4.78 is 12.6. The van der Waals surface area contributed by atoms with Crippen molar-refractivity contribution in [1.29, 1.82) is 0 Å². The second-order valence-electron chi connectivity index (χ2n) is 7.36. The molecule has 4 rings (SSSR count). The van der Waals surface area contributed by atoms with Crippen LogP contribution in [-0.2, 0) is 15.1 Å². The highest BCUT2D eigenvalue weighted by Crippen LogP contribution is 2.41. The standard InChI is InChI=1S/C25H26O3/c1-19-24(26)17-23(28-19)18-27-25(20-11-5-2-6-12-20,21-13-7-3-8-14-21)22-15-9-4-10-16-22/h2-16,19,23-24,26H,17-18H2,1H3/t19-,23-,24-/m0/s1. The molecule has 1 N–H and O–H groups in total. The molecular weight excluding hydrogens is 348 g/mol. The molecule has 0 spiro atoms. The van der Waals surface area contributed by atoms with Crippen LogP contribution in [0.25, 0.3) is 0 Å². The minimum atomic E-state index is -0.746. The summed E-state index contributed by atoms with van der Waals surface area (Å²) in [7, 11) is 0. The van der Waals surface area contributed by atoms with E-state index in [0.717, 1.165) is 16.7 Å². The van der Waals surface area contributed by atoms with Gasteiger partial charge < -0.3 is 14.6 Å². The molecule has 144 valence electrons. The molecule has 0 aromatic heterocycles. The predicted octanol–water partition coefficient (Wildman–Crippen LogP) is 4.53. The fourth-order valence-corrected chi connectivity index (χ4v) is 4.00. The molecule has 1 fully saturated rings. The maximum atomic E-state index is 10.1. The van der Waals surface area contributed by atoms with Crippen LogP contribution >= 0.6 is 0 Å². The summed E-state index contributed by atoms with van der Waals surface area (Å²) in [5.41, 5.74) is 2.46. The summed E-state index contributed by atoms with van der Waals surface area (Å²) >= 11 is 0. The van der Waals surface area contributed by atoms with Gasteiger partial charge in [-0.2, -0.15) is 0 Å². The molecule has 3 atom stereocenters. The van der Waals surface area contributed by atoms with Gasteiger partial charge in [0, 0.05) is 6.42 Å². The first kappa shape index (κ1) is 18.9. The molecule has 3 nitrogen and oxygen atoms in total. The van der Waals surface area contributed by atoms with Crippen molar-refractivity contribution in [2.24, 2.45) is 0 Å². The van der Waals surface area contributed by atoms with Gasteiger partial charge >= 0.3 is 0 Å². The van der Waals surface area contributed by atoms with Crippen molar-refractivity contribution in [3.05, 3.63) is 108 Å². The highest BCUT2D eigenvalue weighted by atomic mass is 16.6. The monoisotopic (exact) mass is 374 g/mol.